The summed E-state index contributed by atoms with van der Waals surface area (Å²) in [5.74, 6) is -0.602. The van der Waals surface area contributed by atoms with Crippen LogP contribution >= 0.6 is 0 Å². The predicted molar refractivity (Wildman–Crippen MR) is 90.1 cm³/mol. The fourth-order valence-corrected chi connectivity index (χ4v) is 3.51. The highest BCUT2D eigenvalue weighted by Crippen LogP contribution is 2.36. The average molecular weight is 400 g/mol. The van der Waals surface area contributed by atoms with Crippen LogP contribution in [0.1, 0.15) is 18.4 Å². The number of nitrogens with zero attached hydrogens (tertiary/aromatic N) is 3. The number of aromatic amines is 1. The fraction of sp³-hybridized carbons (Fsp3) is 0.500. The van der Waals surface area contributed by atoms with Gasteiger partial charge < -0.3 is 14.4 Å². The van der Waals surface area contributed by atoms with Crippen molar-refractivity contribution in [1.82, 2.24) is 9.97 Å². The minimum absolute atomic E-state index is 0.0632. The number of H-pyrrole nitrogens is 1. The Labute approximate surface area is 155 Å². The molecule has 9 nitrogen and oxygen atoms in total. The van der Waals surface area contributed by atoms with Crippen LogP contribution in [0.2, 0.25) is 0 Å². The summed E-state index contributed by atoms with van der Waals surface area (Å²) in [4.78, 5) is 30.9. The van der Waals surface area contributed by atoms with Crippen LogP contribution in [0, 0.1) is 10.1 Å². The molecule has 0 bridgehead atoms. The van der Waals surface area contributed by atoms with Gasteiger partial charge in [-0.25, -0.2) is 4.98 Å². The Morgan fingerprint density at radius 2 is 1.86 bits per heavy atom. The van der Waals surface area contributed by atoms with E-state index in [1.807, 2.05) is 0 Å². The maximum atomic E-state index is 13.0. The summed E-state index contributed by atoms with van der Waals surface area (Å²) < 4.78 is 50.3. The highest BCUT2D eigenvalue weighted by Gasteiger charge is 2.40. The van der Waals surface area contributed by atoms with Crippen molar-refractivity contribution in [2.45, 2.75) is 24.8 Å². The lowest BCUT2D eigenvalue weighted by atomic mass is 10.0. The molecule has 1 spiro atoms. The number of ether oxygens (including phenoxy) is 2. The number of hydrogen-bond acceptors (Lipinski definition) is 7. The molecule has 150 valence electrons. The monoisotopic (exact) mass is 400 g/mol. The molecule has 0 radical (unpaired) electrons. The van der Waals surface area contributed by atoms with Gasteiger partial charge in [0.05, 0.1) is 29.1 Å². The lowest BCUT2D eigenvalue weighted by Gasteiger charge is -2.37. The van der Waals surface area contributed by atoms with Gasteiger partial charge in [-0.1, -0.05) is 0 Å². The van der Waals surface area contributed by atoms with Gasteiger partial charge in [0.15, 0.2) is 11.3 Å². The zero-order valence-electron chi connectivity index (χ0n) is 14.4. The number of benzene rings is 1. The third-order valence-corrected chi connectivity index (χ3v) is 4.94. The second-order valence-corrected chi connectivity index (χ2v) is 6.63. The van der Waals surface area contributed by atoms with Crippen molar-refractivity contribution in [2.75, 3.05) is 31.2 Å². The van der Waals surface area contributed by atoms with Crippen LogP contribution in [0.4, 0.5) is 24.8 Å². The number of piperidine rings is 1. The number of nitrogens with one attached hydrogen (secondary N) is 1. The Morgan fingerprint density at radius 1 is 1.21 bits per heavy atom. The number of hydrogen-bond donors (Lipinski definition) is 1. The molecule has 28 heavy (non-hydrogen) atoms. The molecule has 0 unspecified atom stereocenters. The van der Waals surface area contributed by atoms with Crippen molar-refractivity contribution in [3.8, 4) is 0 Å². The fourth-order valence-electron chi connectivity index (χ4n) is 3.51. The average Bonchev–Trinajstić information content (AvgIpc) is 3.08. The van der Waals surface area contributed by atoms with Gasteiger partial charge in [0.1, 0.15) is 0 Å². The highest BCUT2D eigenvalue weighted by atomic mass is 19.4. The zero-order chi connectivity index (χ0) is 20.1. The Kier molecular flexibility index (Phi) is 4.27. The van der Waals surface area contributed by atoms with Crippen LogP contribution in [0.3, 0.4) is 0 Å². The molecule has 2 aliphatic heterocycles. The summed E-state index contributed by atoms with van der Waals surface area (Å²) in [5, 5.41) is 10.8. The summed E-state index contributed by atoms with van der Waals surface area (Å²) in [7, 11) is 0. The summed E-state index contributed by atoms with van der Waals surface area (Å²) in [5.41, 5.74) is -3.40. The predicted octanol–water partition coefficient (Wildman–Crippen LogP) is 2.19. The van der Waals surface area contributed by atoms with E-state index >= 15 is 0 Å². The minimum Gasteiger partial charge on any atom is -0.347 e. The van der Waals surface area contributed by atoms with Gasteiger partial charge in [-0.3, -0.25) is 19.9 Å². The summed E-state index contributed by atoms with van der Waals surface area (Å²) >= 11 is 0. The smallest absolute Gasteiger partial charge is 0.347 e. The Bertz CT molecular complexity index is 990. The van der Waals surface area contributed by atoms with Crippen molar-refractivity contribution >= 4 is 22.5 Å². The topological polar surface area (TPSA) is 111 Å². The first-order valence-corrected chi connectivity index (χ1v) is 8.51. The van der Waals surface area contributed by atoms with Gasteiger partial charge in [0.25, 0.3) is 11.2 Å². The molecule has 0 saturated carbocycles. The van der Waals surface area contributed by atoms with Crippen molar-refractivity contribution in [3.63, 3.8) is 0 Å². The van der Waals surface area contributed by atoms with Crippen molar-refractivity contribution < 1.29 is 27.6 Å². The van der Waals surface area contributed by atoms with Crippen LogP contribution in [-0.4, -0.2) is 47.0 Å². The summed E-state index contributed by atoms with van der Waals surface area (Å²) in [6, 6.07) is 0.966. The molecule has 1 aromatic carbocycles. The van der Waals surface area contributed by atoms with Gasteiger partial charge in [-0.05, 0) is 6.07 Å². The molecule has 0 atom stereocenters. The first-order chi connectivity index (χ1) is 13.2. The van der Waals surface area contributed by atoms with E-state index < -0.39 is 39.1 Å². The van der Waals surface area contributed by atoms with E-state index in [1.165, 1.54) is 0 Å². The molecule has 2 fully saturated rings. The van der Waals surface area contributed by atoms with E-state index in [0.29, 0.717) is 51.3 Å². The number of aromatic nitrogens is 2. The van der Waals surface area contributed by atoms with Crippen LogP contribution in [0.15, 0.2) is 16.9 Å². The normalized spacial score (nSPS) is 19.5. The largest absolute Gasteiger partial charge is 0.416 e. The molecule has 2 aliphatic rings. The molecule has 1 N–H and O–H groups in total. The van der Waals surface area contributed by atoms with Crippen LogP contribution in [0.25, 0.3) is 10.9 Å². The van der Waals surface area contributed by atoms with Crippen LogP contribution in [-0.2, 0) is 15.7 Å². The first kappa shape index (κ1) is 18.6. The Hall–Kier alpha value is -2.73. The quantitative estimate of drug-likeness (QED) is 0.608. The Morgan fingerprint density at radius 3 is 2.43 bits per heavy atom. The molecule has 4 rings (SSSR count). The molecule has 3 heterocycles. The number of nitro benzene ring substituents is 1. The van der Waals surface area contributed by atoms with E-state index in [1.54, 1.807) is 4.90 Å². The van der Waals surface area contributed by atoms with E-state index in [9.17, 15) is 28.1 Å². The molecule has 0 amide bonds. The number of halogens is 3. The number of non-ortho nitro benzene ring substituents is 1. The number of rotatable bonds is 2. The molecule has 0 aliphatic carbocycles. The third-order valence-electron chi connectivity index (χ3n) is 4.94. The number of alkyl halides is 3. The van der Waals surface area contributed by atoms with Crippen LogP contribution in [0.5, 0.6) is 0 Å². The summed E-state index contributed by atoms with van der Waals surface area (Å²) in [6.45, 7) is 1.81. The highest BCUT2D eigenvalue weighted by molar-refractivity contribution is 5.88. The van der Waals surface area contributed by atoms with Gasteiger partial charge in [0.2, 0.25) is 5.95 Å². The van der Waals surface area contributed by atoms with Crippen molar-refractivity contribution in [3.05, 3.63) is 38.2 Å². The molecular weight excluding hydrogens is 385 g/mol. The van der Waals surface area contributed by atoms with Crippen molar-refractivity contribution in [1.29, 1.82) is 0 Å². The molecule has 1 aromatic heterocycles. The van der Waals surface area contributed by atoms with Gasteiger partial charge in [-0.2, -0.15) is 13.2 Å². The van der Waals surface area contributed by atoms with Gasteiger partial charge >= 0.3 is 6.18 Å². The van der Waals surface area contributed by atoms with Gasteiger partial charge in [-0.15, -0.1) is 0 Å². The summed E-state index contributed by atoms with van der Waals surface area (Å²) in [6.07, 6.45) is -3.82. The number of anilines is 1. The lowest BCUT2D eigenvalue weighted by molar-refractivity contribution is -0.383. The first-order valence-electron chi connectivity index (χ1n) is 8.51. The number of fused-ring (bicyclic) bond motifs is 1. The maximum Gasteiger partial charge on any atom is 0.416 e. The third kappa shape index (κ3) is 3.18. The molecule has 12 heteroatoms. The molecule has 2 aromatic rings. The number of nitro groups is 1. The van der Waals surface area contributed by atoms with E-state index in [-0.39, 0.29) is 11.5 Å². The Balaban J connectivity index is 1.75. The maximum absolute atomic E-state index is 13.0. The molecule has 2 saturated heterocycles. The van der Waals surface area contributed by atoms with Gasteiger partial charge in [0, 0.05) is 32.0 Å². The zero-order valence-corrected chi connectivity index (χ0v) is 14.4. The minimum atomic E-state index is -4.83. The lowest BCUT2D eigenvalue weighted by Crippen LogP contribution is -2.46. The standard InChI is InChI=1S/C16H15F3N4O5/c17-16(18,19)9-7-10-12(11(8-9)23(25)26)20-14(21-13(10)24)22-3-1-15(2-4-22)27-5-6-28-15/h7-8H,1-6H2,(H,20,21,24). The van der Waals surface area contributed by atoms with E-state index in [0.717, 1.165) is 0 Å². The molecular formula is C16H15F3N4O5. The van der Waals surface area contributed by atoms with E-state index in [4.69, 9.17) is 9.47 Å². The second kappa shape index (κ2) is 6.41. The second-order valence-electron chi connectivity index (χ2n) is 6.63. The SMILES string of the molecule is O=c1[nH]c(N2CCC3(CC2)OCCO3)nc2c([N+](=O)[O-])cc(C(F)(F)F)cc12. The van der Waals surface area contributed by atoms with Crippen molar-refractivity contribution in [2.24, 2.45) is 0 Å². The van der Waals surface area contributed by atoms with Crippen LogP contribution < -0.4 is 10.5 Å². The van der Waals surface area contributed by atoms with E-state index in [2.05, 4.69) is 9.97 Å².